The third-order valence-electron chi connectivity index (χ3n) is 3.30. The van der Waals surface area contributed by atoms with Crippen molar-refractivity contribution >= 4 is 23.2 Å². The maximum absolute atomic E-state index is 13.6. The molecule has 0 aliphatic carbocycles. The molecule has 2 aromatic rings. The van der Waals surface area contributed by atoms with Crippen LogP contribution in [0.5, 0.6) is 0 Å². The van der Waals surface area contributed by atoms with Gasteiger partial charge in [-0.05, 0) is 12.1 Å². The molecular formula is C13H12ClFN6. The lowest BCUT2D eigenvalue weighted by Gasteiger charge is -2.27. The van der Waals surface area contributed by atoms with Crippen LogP contribution in [0.1, 0.15) is 5.56 Å². The lowest BCUT2D eigenvalue weighted by atomic mass is 10.2. The zero-order valence-corrected chi connectivity index (χ0v) is 11.7. The first-order valence-corrected chi connectivity index (χ1v) is 6.69. The minimum Gasteiger partial charge on any atom is -0.382 e. The van der Waals surface area contributed by atoms with E-state index in [2.05, 4.69) is 15.7 Å². The summed E-state index contributed by atoms with van der Waals surface area (Å²) in [5, 5.41) is 19.8. The normalized spacial score (nSPS) is 14.5. The van der Waals surface area contributed by atoms with Crippen LogP contribution >= 0.6 is 11.6 Å². The Hall–Kier alpha value is -2.30. The summed E-state index contributed by atoms with van der Waals surface area (Å²) in [6.45, 7) is 1.60. The predicted molar refractivity (Wildman–Crippen MR) is 77.9 cm³/mol. The highest BCUT2D eigenvalue weighted by Crippen LogP contribution is 2.26. The molecule has 1 aliphatic rings. The summed E-state index contributed by atoms with van der Waals surface area (Å²) in [4.78, 5) is 0. The van der Waals surface area contributed by atoms with Gasteiger partial charge in [0.25, 0.3) is 0 Å². The molecule has 1 aliphatic heterocycles. The number of benzene rings is 1. The Morgan fingerprint density at radius 1 is 1.52 bits per heavy atom. The smallest absolute Gasteiger partial charge is 0.169 e. The molecule has 1 aromatic carbocycles. The van der Waals surface area contributed by atoms with Crippen LogP contribution in [0.15, 0.2) is 18.2 Å². The lowest BCUT2D eigenvalue weighted by molar-refractivity contribution is 0.470. The fourth-order valence-electron chi connectivity index (χ4n) is 2.04. The van der Waals surface area contributed by atoms with Crippen molar-refractivity contribution in [3.63, 3.8) is 0 Å². The van der Waals surface area contributed by atoms with Gasteiger partial charge in [-0.2, -0.15) is 5.26 Å². The highest BCUT2D eigenvalue weighted by Gasteiger charge is 2.22. The number of halogens is 2. The summed E-state index contributed by atoms with van der Waals surface area (Å²) in [5.74, 6) is -0.00820. The van der Waals surface area contributed by atoms with Crippen molar-refractivity contribution in [2.45, 2.75) is 6.04 Å². The number of nitrogens with zero attached hydrogens (tertiary/aromatic N) is 3. The zero-order chi connectivity index (χ0) is 15.0. The van der Waals surface area contributed by atoms with E-state index in [1.807, 2.05) is 6.07 Å². The number of nitrogens with two attached hydrogens (primary N) is 1. The lowest BCUT2D eigenvalue weighted by Crippen LogP contribution is -2.51. The van der Waals surface area contributed by atoms with Crippen LogP contribution in [0.2, 0.25) is 5.02 Å². The summed E-state index contributed by atoms with van der Waals surface area (Å²) in [5.41, 5.74) is 6.59. The van der Waals surface area contributed by atoms with Gasteiger partial charge in [0.2, 0.25) is 0 Å². The standard InChI is InChI=1S/C13H12ClFN6/c14-10-2-1-8(3-11(10)15)21-12(17)9(4-16)13(20-21)19-7-5-18-6-7/h1-3,7,18H,5-6,17H2,(H,19,20). The first-order valence-electron chi connectivity index (χ1n) is 6.31. The number of hydrogen-bond donors (Lipinski definition) is 3. The van der Waals surface area contributed by atoms with Gasteiger partial charge in [-0.3, -0.25) is 0 Å². The average Bonchev–Trinajstić information content (AvgIpc) is 2.73. The van der Waals surface area contributed by atoms with E-state index in [9.17, 15) is 9.65 Å². The minimum atomic E-state index is -0.569. The summed E-state index contributed by atoms with van der Waals surface area (Å²) in [6.07, 6.45) is 0. The molecule has 1 saturated heterocycles. The van der Waals surface area contributed by atoms with Gasteiger partial charge >= 0.3 is 0 Å². The Balaban J connectivity index is 2.02. The molecule has 0 bridgehead atoms. The van der Waals surface area contributed by atoms with Gasteiger partial charge in [0.15, 0.2) is 5.82 Å². The first kappa shape index (κ1) is 13.7. The van der Waals surface area contributed by atoms with Crippen molar-refractivity contribution in [2.75, 3.05) is 24.1 Å². The molecule has 8 heteroatoms. The van der Waals surface area contributed by atoms with Crippen molar-refractivity contribution < 1.29 is 4.39 Å². The summed E-state index contributed by atoms with van der Waals surface area (Å²) in [6, 6.07) is 6.46. The third-order valence-corrected chi connectivity index (χ3v) is 3.61. The van der Waals surface area contributed by atoms with Crippen molar-refractivity contribution in [2.24, 2.45) is 0 Å². The van der Waals surface area contributed by atoms with Crippen LogP contribution in [0.3, 0.4) is 0 Å². The van der Waals surface area contributed by atoms with E-state index in [-0.39, 0.29) is 22.4 Å². The molecule has 1 fully saturated rings. The SMILES string of the molecule is N#Cc1c(NC2CNC2)nn(-c2ccc(Cl)c(F)c2)c1N. The molecule has 21 heavy (non-hydrogen) atoms. The molecule has 0 radical (unpaired) electrons. The number of hydrogen-bond acceptors (Lipinski definition) is 5. The van der Waals surface area contributed by atoms with E-state index in [0.29, 0.717) is 11.5 Å². The van der Waals surface area contributed by atoms with Crippen LogP contribution in [0.4, 0.5) is 16.0 Å². The Kier molecular flexibility index (Phi) is 3.41. The topological polar surface area (TPSA) is 91.7 Å². The van der Waals surface area contributed by atoms with E-state index >= 15 is 0 Å². The number of nitrogens with one attached hydrogen (secondary N) is 2. The molecule has 108 valence electrons. The molecule has 0 unspecified atom stereocenters. The highest BCUT2D eigenvalue weighted by molar-refractivity contribution is 6.30. The van der Waals surface area contributed by atoms with Gasteiger partial charge < -0.3 is 16.4 Å². The first-order chi connectivity index (χ1) is 10.1. The van der Waals surface area contributed by atoms with Gasteiger partial charge in [0.05, 0.1) is 16.8 Å². The Morgan fingerprint density at radius 3 is 2.86 bits per heavy atom. The Bertz CT molecular complexity index is 731. The number of aromatic nitrogens is 2. The maximum Gasteiger partial charge on any atom is 0.169 e. The van der Waals surface area contributed by atoms with E-state index in [1.54, 1.807) is 6.07 Å². The van der Waals surface area contributed by atoms with Crippen molar-refractivity contribution in [1.29, 1.82) is 5.26 Å². The van der Waals surface area contributed by atoms with Gasteiger partial charge in [0.1, 0.15) is 23.3 Å². The predicted octanol–water partition coefficient (Wildman–Crippen LogP) is 1.50. The molecule has 3 rings (SSSR count). The Morgan fingerprint density at radius 2 is 2.29 bits per heavy atom. The van der Waals surface area contributed by atoms with Gasteiger partial charge in [-0.15, -0.1) is 5.10 Å². The zero-order valence-electron chi connectivity index (χ0n) is 10.9. The van der Waals surface area contributed by atoms with Crippen LogP contribution < -0.4 is 16.4 Å². The number of rotatable bonds is 3. The monoisotopic (exact) mass is 306 g/mol. The molecule has 4 N–H and O–H groups in total. The van der Waals surface area contributed by atoms with Gasteiger partial charge in [-0.1, -0.05) is 11.6 Å². The van der Waals surface area contributed by atoms with Crippen molar-refractivity contribution in [1.82, 2.24) is 15.1 Å². The fraction of sp³-hybridized carbons (Fsp3) is 0.231. The van der Waals surface area contributed by atoms with Crippen LogP contribution in [0, 0.1) is 17.1 Å². The molecule has 1 aromatic heterocycles. The second-order valence-electron chi connectivity index (χ2n) is 4.73. The van der Waals surface area contributed by atoms with Crippen LogP contribution in [0.25, 0.3) is 5.69 Å². The van der Waals surface area contributed by atoms with E-state index in [0.717, 1.165) is 13.1 Å². The average molecular weight is 307 g/mol. The summed E-state index contributed by atoms with van der Waals surface area (Å²) >= 11 is 5.66. The molecule has 0 amide bonds. The maximum atomic E-state index is 13.6. The summed E-state index contributed by atoms with van der Waals surface area (Å²) in [7, 11) is 0. The molecule has 0 atom stereocenters. The van der Waals surface area contributed by atoms with E-state index in [1.165, 1.54) is 16.8 Å². The second kappa shape index (κ2) is 5.24. The van der Waals surface area contributed by atoms with Crippen molar-refractivity contribution in [3.8, 4) is 11.8 Å². The van der Waals surface area contributed by atoms with Crippen molar-refractivity contribution in [3.05, 3.63) is 34.6 Å². The second-order valence-corrected chi connectivity index (χ2v) is 5.14. The van der Waals surface area contributed by atoms with Crippen LogP contribution in [-0.2, 0) is 0 Å². The number of nitrogen functional groups attached to an aromatic ring is 1. The minimum absolute atomic E-state index is 0.0175. The van der Waals surface area contributed by atoms with E-state index < -0.39 is 5.82 Å². The van der Waals surface area contributed by atoms with E-state index in [4.69, 9.17) is 17.3 Å². The van der Waals surface area contributed by atoms with Gasteiger partial charge in [-0.25, -0.2) is 9.07 Å². The van der Waals surface area contributed by atoms with Gasteiger partial charge in [0, 0.05) is 19.2 Å². The summed E-state index contributed by atoms with van der Waals surface area (Å²) < 4.78 is 14.9. The number of anilines is 2. The highest BCUT2D eigenvalue weighted by atomic mass is 35.5. The van der Waals surface area contributed by atoms with Crippen LogP contribution in [-0.4, -0.2) is 28.9 Å². The molecule has 2 heterocycles. The molecule has 0 spiro atoms. The molecule has 0 saturated carbocycles. The largest absolute Gasteiger partial charge is 0.382 e. The number of nitriles is 1. The Labute approximate surface area is 125 Å². The molecular weight excluding hydrogens is 295 g/mol. The molecule has 6 nitrogen and oxygen atoms in total. The fourth-order valence-corrected chi connectivity index (χ4v) is 2.16. The quantitative estimate of drug-likeness (QED) is 0.799. The third kappa shape index (κ3) is 2.39.